The van der Waals surface area contributed by atoms with E-state index in [1.807, 2.05) is 24.3 Å². The minimum absolute atomic E-state index is 0.0470. The second kappa shape index (κ2) is 6.68. The van der Waals surface area contributed by atoms with Gasteiger partial charge < -0.3 is 9.47 Å². The zero-order valence-electron chi connectivity index (χ0n) is 13.5. The number of carbonyl (C=O) groups excluding carboxylic acids is 2. The molecule has 2 atom stereocenters. The average molecular weight is 318 g/mol. The third-order valence-corrected chi connectivity index (χ3v) is 4.65. The molecule has 1 aromatic rings. The molecule has 0 spiro atoms. The van der Waals surface area contributed by atoms with Crippen LogP contribution in [0.4, 0.5) is 0 Å². The summed E-state index contributed by atoms with van der Waals surface area (Å²) in [5.74, 6) is 0.338. The summed E-state index contributed by atoms with van der Waals surface area (Å²) in [7, 11) is 3.21. The van der Waals surface area contributed by atoms with Gasteiger partial charge in [0.15, 0.2) is 0 Å². The summed E-state index contributed by atoms with van der Waals surface area (Å²) in [5, 5.41) is 0. The van der Waals surface area contributed by atoms with Crippen LogP contribution in [0.25, 0.3) is 0 Å². The number of imide groups is 1. The summed E-state index contributed by atoms with van der Waals surface area (Å²) in [6.07, 6.45) is 0. The maximum atomic E-state index is 12.4. The fourth-order valence-electron chi connectivity index (χ4n) is 3.42. The topological polar surface area (TPSA) is 59.1 Å². The van der Waals surface area contributed by atoms with E-state index in [0.717, 1.165) is 17.9 Å². The van der Waals surface area contributed by atoms with Crippen LogP contribution in [-0.2, 0) is 20.9 Å². The number of likely N-dealkylation sites (tertiary alicyclic amines) is 2. The van der Waals surface area contributed by atoms with Gasteiger partial charge in [-0.1, -0.05) is 12.1 Å². The van der Waals surface area contributed by atoms with E-state index in [2.05, 4.69) is 4.90 Å². The SMILES string of the molecule is COCCN1C(=O)[C@H]2CN(Cc3ccc(OC)cc3)C[C@H]2C1=O. The van der Waals surface area contributed by atoms with Crippen LogP contribution >= 0.6 is 0 Å². The monoisotopic (exact) mass is 318 g/mol. The predicted octanol–water partition coefficient (Wildman–Crippen LogP) is 0.758. The largest absolute Gasteiger partial charge is 0.497 e. The Morgan fingerprint density at radius 2 is 1.65 bits per heavy atom. The lowest BCUT2D eigenvalue weighted by Crippen LogP contribution is -2.37. The summed E-state index contributed by atoms with van der Waals surface area (Å²) in [5.41, 5.74) is 1.15. The molecule has 23 heavy (non-hydrogen) atoms. The van der Waals surface area contributed by atoms with Crippen molar-refractivity contribution in [3.8, 4) is 5.75 Å². The summed E-state index contributed by atoms with van der Waals surface area (Å²) in [4.78, 5) is 28.3. The first-order valence-corrected chi connectivity index (χ1v) is 7.83. The maximum Gasteiger partial charge on any atom is 0.234 e. The van der Waals surface area contributed by atoms with E-state index in [9.17, 15) is 9.59 Å². The molecule has 2 fully saturated rings. The molecule has 6 heteroatoms. The molecular formula is C17H22N2O4. The van der Waals surface area contributed by atoms with Gasteiger partial charge in [0.25, 0.3) is 0 Å². The van der Waals surface area contributed by atoms with Crippen LogP contribution in [0, 0.1) is 11.8 Å². The van der Waals surface area contributed by atoms with E-state index < -0.39 is 0 Å². The molecule has 6 nitrogen and oxygen atoms in total. The Balaban J connectivity index is 1.61. The van der Waals surface area contributed by atoms with Crippen LogP contribution in [0.2, 0.25) is 0 Å². The first-order chi connectivity index (χ1) is 11.1. The Morgan fingerprint density at radius 3 is 2.17 bits per heavy atom. The lowest BCUT2D eigenvalue weighted by Gasteiger charge is -2.20. The zero-order chi connectivity index (χ0) is 16.4. The lowest BCUT2D eigenvalue weighted by atomic mass is 10.00. The first-order valence-electron chi connectivity index (χ1n) is 7.83. The van der Waals surface area contributed by atoms with Crippen LogP contribution in [-0.4, -0.2) is 62.1 Å². The standard InChI is InChI=1S/C17H22N2O4/c1-22-8-7-19-16(20)14-10-18(11-15(14)17(19)21)9-12-3-5-13(23-2)6-4-12/h3-6,14-15H,7-11H2,1-2H3/t14-,15+. The van der Waals surface area contributed by atoms with Gasteiger partial charge in [-0.15, -0.1) is 0 Å². The molecule has 2 amide bonds. The maximum absolute atomic E-state index is 12.4. The van der Waals surface area contributed by atoms with Gasteiger partial charge in [-0.25, -0.2) is 0 Å². The summed E-state index contributed by atoms with van der Waals surface area (Å²) in [6, 6.07) is 7.88. The molecule has 3 rings (SSSR count). The van der Waals surface area contributed by atoms with E-state index in [0.29, 0.717) is 26.2 Å². The predicted molar refractivity (Wildman–Crippen MR) is 83.8 cm³/mol. The van der Waals surface area contributed by atoms with Crippen molar-refractivity contribution in [3.05, 3.63) is 29.8 Å². The molecule has 2 aliphatic rings. The lowest BCUT2D eigenvalue weighted by molar-refractivity contribution is -0.141. The number of ether oxygens (including phenoxy) is 2. The molecule has 0 N–H and O–H groups in total. The van der Waals surface area contributed by atoms with Crippen LogP contribution in [0.3, 0.4) is 0 Å². The summed E-state index contributed by atoms with van der Waals surface area (Å²) in [6.45, 7) is 2.79. The molecule has 0 bridgehead atoms. The number of amides is 2. The van der Waals surface area contributed by atoms with Crippen molar-refractivity contribution in [2.45, 2.75) is 6.54 Å². The number of benzene rings is 1. The van der Waals surface area contributed by atoms with Gasteiger partial charge in [-0.05, 0) is 17.7 Å². The molecule has 0 aromatic heterocycles. The van der Waals surface area contributed by atoms with Gasteiger partial charge in [0.05, 0.1) is 32.1 Å². The van der Waals surface area contributed by atoms with E-state index in [4.69, 9.17) is 9.47 Å². The number of rotatable bonds is 6. The highest BCUT2D eigenvalue weighted by molar-refractivity contribution is 6.05. The first kappa shape index (κ1) is 16.0. The highest BCUT2D eigenvalue weighted by atomic mass is 16.5. The van der Waals surface area contributed by atoms with Gasteiger partial charge >= 0.3 is 0 Å². The minimum atomic E-state index is -0.197. The highest BCUT2D eigenvalue weighted by Gasteiger charge is 2.51. The summed E-state index contributed by atoms with van der Waals surface area (Å²) >= 11 is 0. The third kappa shape index (κ3) is 3.09. The summed E-state index contributed by atoms with van der Waals surface area (Å²) < 4.78 is 10.1. The Hall–Kier alpha value is -1.92. The second-order valence-corrected chi connectivity index (χ2v) is 6.08. The van der Waals surface area contributed by atoms with Crippen molar-refractivity contribution < 1.29 is 19.1 Å². The molecule has 0 radical (unpaired) electrons. The van der Waals surface area contributed by atoms with Crippen LogP contribution < -0.4 is 4.74 Å². The van der Waals surface area contributed by atoms with Crippen LogP contribution in [0.5, 0.6) is 5.75 Å². The molecule has 2 aliphatic heterocycles. The van der Waals surface area contributed by atoms with E-state index in [1.165, 1.54) is 4.90 Å². The molecular weight excluding hydrogens is 296 g/mol. The van der Waals surface area contributed by atoms with Gasteiger partial charge in [-0.3, -0.25) is 19.4 Å². The van der Waals surface area contributed by atoms with Crippen molar-refractivity contribution in [1.82, 2.24) is 9.80 Å². The number of carbonyl (C=O) groups is 2. The van der Waals surface area contributed by atoms with Crippen LogP contribution in [0.15, 0.2) is 24.3 Å². The molecule has 2 heterocycles. The van der Waals surface area contributed by atoms with Crippen molar-refractivity contribution in [1.29, 1.82) is 0 Å². The minimum Gasteiger partial charge on any atom is -0.497 e. The number of hydrogen-bond acceptors (Lipinski definition) is 5. The molecule has 2 saturated heterocycles. The van der Waals surface area contributed by atoms with Gasteiger partial charge in [-0.2, -0.15) is 0 Å². The number of fused-ring (bicyclic) bond motifs is 1. The van der Waals surface area contributed by atoms with Gasteiger partial charge in [0, 0.05) is 26.7 Å². The van der Waals surface area contributed by atoms with Crippen molar-refractivity contribution >= 4 is 11.8 Å². The Kier molecular flexibility index (Phi) is 4.63. The molecule has 0 unspecified atom stereocenters. The van der Waals surface area contributed by atoms with Crippen molar-refractivity contribution in [3.63, 3.8) is 0 Å². The Morgan fingerprint density at radius 1 is 1.04 bits per heavy atom. The van der Waals surface area contributed by atoms with Crippen molar-refractivity contribution in [2.75, 3.05) is 40.5 Å². The fraction of sp³-hybridized carbons (Fsp3) is 0.529. The van der Waals surface area contributed by atoms with Crippen molar-refractivity contribution in [2.24, 2.45) is 11.8 Å². The number of hydrogen-bond donors (Lipinski definition) is 0. The average Bonchev–Trinajstić information content (AvgIpc) is 3.07. The fourth-order valence-corrected chi connectivity index (χ4v) is 3.42. The Labute approximate surface area is 136 Å². The smallest absolute Gasteiger partial charge is 0.234 e. The third-order valence-electron chi connectivity index (χ3n) is 4.65. The number of methoxy groups -OCH3 is 2. The van der Waals surface area contributed by atoms with Crippen LogP contribution in [0.1, 0.15) is 5.56 Å². The number of nitrogens with zero attached hydrogens (tertiary/aromatic N) is 2. The van der Waals surface area contributed by atoms with E-state index >= 15 is 0 Å². The molecule has 0 aliphatic carbocycles. The normalized spacial score (nSPS) is 24.3. The molecule has 124 valence electrons. The van der Waals surface area contributed by atoms with Gasteiger partial charge in [0.2, 0.25) is 11.8 Å². The van der Waals surface area contributed by atoms with Gasteiger partial charge in [0.1, 0.15) is 5.75 Å². The van der Waals surface area contributed by atoms with E-state index in [-0.39, 0.29) is 23.7 Å². The Bertz CT molecular complexity index is 563. The molecule has 1 aromatic carbocycles. The zero-order valence-corrected chi connectivity index (χ0v) is 13.5. The quantitative estimate of drug-likeness (QED) is 0.725. The molecule has 0 saturated carbocycles. The highest BCUT2D eigenvalue weighted by Crippen LogP contribution is 2.34. The second-order valence-electron chi connectivity index (χ2n) is 6.08. The van der Waals surface area contributed by atoms with E-state index in [1.54, 1.807) is 14.2 Å².